The molecule has 1 fully saturated rings. The molecule has 0 saturated carbocycles. The lowest BCUT2D eigenvalue weighted by molar-refractivity contribution is -0.167. The Morgan fingerprint density at radius 1 is 1.42 bits per heavy atom. The van der Waals surface area contributed by atoms with Crippen molar-refractivity contribution in [3.63, 3.8) is 0 Å². The largest absolute Gasteiger partial charge is 0.487 e. The number of rotatable bonds is 3. The van der Waals surface area contributed by atoms with E-state index in [1.54, 1.807) is 0 Å². The normalized spacial score (nSPS) is 34.1. The Morgan fingerprint density at radius 3 is 3.04 bits per heavy atom. The third kappa shape index (κ3) is 2.59. The van der Waals surface area contributed by atoms with Gasteiger partial charge in [-0.25, -0.2) is 4.99 Å². The number of benzene rings is 1. The quantitative estimate of drug-likeness (QED) is 0.848. The molecule has 24 heavy (non-hydrogen) atoms. The van der Waals surface area contributed by atoms with Crippen LogP contribution in [0.3, 0.4) is 0 Å². The monoisotopic (exact) mass is 396 g/mol. The van der Waals surface area contributed by atoms with E-state index in [-0.39, 0.29) is 24.3 Å². The predicted molar refractivity (Wildman–Crippen MR) is 92.2 cm³/mol. The molecular formula is C17H21BrN2O4. The molecule has 1 saturated heterocycles. The smallest absolute Gasteiger partial charge is 0.283 e. The lowest BCUT2D eigenvalue weighted by Crippen LogP contribution is -2.57. The van der Waals surface area contributed by atoms with Gasteiger partial charge in [0.25, 0.3) is 6.02 Å². The minimum absolute atomic E-state index is 0.0393. The second-order valence-corrected chi connectivity index (χ2v) is 7.29. The van der Waals surface area contributed by atoms with Crippen LogP contribution in [0.1, 0.15) is 25.3 Å². The molecule has 1 spiro atoms. The van der Waals surface area contributed by atoms with Gasteiger partial charge in [0.2, 0.25) is 0 Å². The maximum absolute atomic E-state index is 6.37. The Balaban J connectivity index is 1.73. The number of ether oxygens (including phenoxy) is 4. The summed E-state index contributed by atoms with van der Waals surface area (Å²) in [6.07, 6.45) is 1.55. The van der Waals surface area contributed by atoms with Crippen LogP contribution in [-0.4, -0.2) is 44.2 Å². The molecule has 2 unspecified atom stereocenters. The van der Waals surface area contributed by atoms with Crippen LogP contribution >= 0.6 is 15.9 Å². The van der Waals surface area contributed by atoms with Crippen molar-refractivity contribution >= 4 is 22.0 Å². The van der Waals surface area contributed by atoms with E-state index in [1.807, 2.05) is 25.1 Å². The van der Waals surface area contributed by atoms with E-state index in [1.165, 1.54) is 0 Å². The second kappa shape index (κ2) is 6.20. The predicted octanol–water partition coefficient (Wildman–Crippen LogP) is 2.33. The van der Waals surface area contributed by atoms with Gasteiger partial charge < -0.3 is 24.7 Å². The lowest BCUT2D eigenvalue weighted by atomic mass is 9.78. The van der Waals surface area contributed by atoms with E-state index in [9.17, 15) is 0 Å². The fourth-order valence-corrected chi connectivity index (χ4v) is 4.13. The number of fused-ring (bicyclic) bond motifs is 4. The Hall–Kier alpha value is -1.31. The Morgan fingerprint density at radius 2 is 2.29 bits per heavy atom. The van der Waals surface area contributed by atoms with Crippen LogP contribution in [0.2, 0.25) is 0 Å². The lowest BCUT2D eigenvalue weighted by Gasteiger charge is -2.47. The molecule has 0 radical (unpaired) electrons. The Bertz CT molecular complexity index is 668. The molecule has 3 aliphatic rings. The zero-order chi connectivity index (χ0) is 16.7. The summed E-state index contributed by atoms with van der Waals surface area (Å²) < 4.78 is 24.6. The number of aliphatic imine (C=N–C) groups is 1. The van der Waals surface area contributed by atoms with Crippen molar-refractivity contribution in [2.45, 2.75) is 43.6 Å². The highest BCUT2D eigenvalue weighted by Gasteiger charge is 2.56. The van der Waals surface area contributed by atoms with Crippen molar-refractivity contribution < 1.29 is 18.9 Å². The molecule has 6 nitrogen and oxygen atoms in total. The summed E-state index contributed by atoms with van der Waals surface area (Å²) in [7, 11) is 0. The van der Waals surface area contributed by atoms with Gasteiger partial charge in [-0.05, 0) is 38.0 Å². The minimum Gasteiger partial charge on any atom is -0.487 e. The first-order valence-corrected chi connectivity index (χ1v) is 9.09. The van der Waals surface area contributed by atoms with Crippen molar-refractivity contribution in [2.24, 2.45) is 10.7 Å². The molecule has 3 heterocycles. The van der Waals surface area contributed by atoms with E-state index in [0.29, 0.717) is 19.8 Å². The summed E-state index contributed by atoms with van der Waals surface area (Å²) in [4.78, 5) is 4.67. The van der Waals surface area contributed by atoms with Gasteiger partial charge in [0, 0.05) is 16.6 Å². The average molecular weight is 397 g/mol. The SMILES string of the molecule is CCOCC1CC[C@@H]2Oc3ccc(Br)cc3C3(COC(N)=N3)[C@H]2O1. The van der Waals surface area contributed by atoms with Crippen molar-refractivity contribution in [3.05, 3.63) is 28.2 Å². The molecule has 0 aliphatic carbocycles. The molecule has 4 rings (SSSR count). The van der Waals surface area contributed by atoms with Gasteiger partial charge in [-0.3, -0.25) is 0 Å². The van der Waals surface area contributed by atoms with Crippen LogP contribution in [0.25, 0.3) is 0 Å². The summed E-state index contributed by atoms with van der Waals surface area (Å²) in [5.41, 5.74) is 6.17. The van der Waals surface area contributed by atoms with Gasteiger partial charge in [-0.2, -0.15) is 0 Å². The maximum Gasteiger partial charge on any atom is 0.283 e. The number of halogens is 1. The summed E-state index contributed by atoms with van der Waals surface area (Å²) in [5.74, 6) is 0.827. The van der Waals surface area contributed by atoms with Crippen LogP contribution in [-0.2, 0) is 19.7 Å². The van der Waals surface area contributed by atoms with Crippen LogP contribution in [0.5, 0.6) is 5.75 Å². The van der Waals surface area contributed by atoms with Crippen LogP contribution in [0, 0.1) is 0 Å². The summed E-state index contributed by atoms with van der Waals surface area (Å²) in [5, 5.41) is 0. The molecule has 3 aliphatic heterocycles. The van der Waals surface area contributed by atoms with Crippen LogP contribution in [0.15, 0.2) is 27.7 Å². The highest BCUT2D eigenvalue weighted by Crippen LogP contribution is 2.49. The molecule has 4 atom stereocenters. The highest BCUT2D eigenvalue weighted by atomic mass is 79.9. The van der Waals surface area contributed by atoms with Gasteiger partial charge in [0.15, 0.2) is 5.54 Å². The third-order valence-electron chi connectivity index (χ3n) is 4.86. The molecule has 0 bridgehead atoms. The number of hydrogen-bond acceptors (Lipinski definition) is 6. The molecule has 2 N–H and O–H groups in total. The van der Waals surface area contributed by atoms with Gasteiger partial charge in [-0.1, -0.05) is 15.9 Å². The fraction of sp³-hybridized carbons (Fsp3) is 0.588. The average Bonchev–Trinajstić information content (AvgIpc) is 2.97. The molecule has 7 heteroatoms. The van der Waals surface area contributed by atoms with Gasteiger partial charge in [-0.15, -0.1) is 0 Å². The molecule has 0 aromatic heterocycles. The number of nitrogens with zero attached hydrogens (tertiary/aromatic N) is 1. The van der Waals surface area contributed by atoms with Crippen molar-refractivity contribution in [1.82, 2.24) is 0 Å². The topological polar surface area (TPSA) is 75.3 Å². The third-order valence-corrected chi connectivity index (χ3v) is 5.36. The van der Waals surface area contributed by atoms with E-state index in [0.717, 1.165) is 28.6 Å². The van der Waals surface area contributed by atoms with E-state index >= 15 is 0 Å². The number of nitrogens with two attached hydrogens (primary N) is 1. The highest BCUT2D eigenvalue weighted by molar-refractivity contribution is 9.10. The van der Waals surface area contributed by atoms with Crippen LogP contribution < -0.4 is 10.5 Å². The number of amidine groups is 1. The maximum atomic E-state index is 6.37. The zero-order valence-electron chi connectivity index (χ0n) is 13.5. The van der Waals surface area contributed by atoms with Gasteiger partial charge >= 0.3 is 0 Å². The molecule has 0 amide bonds. The molecule has 1 aromatic rings. The zero-order valence-corrected chi connectivity index (χ0v) is 15.1. The first-order valence-electron chi connectivity index (χ1n) is 8.30. The van der Waals surface area contributed by atoms with Crippen molar-refractivity contribution in [2.75, 3.05) is 19.8 Å². The van der Waals surface area contributed by atoms with E-state index < -0.39 is 5.54 Å². The second-order valence-electron chi connectivity index (χ2n) is 6.38. The summed E-state index contributed by atoms with van der Waals surface area (Å²) in [6.45, 7) is 3.62. The first-order chi connectivity index (χ1) is 11.6. The number of hydrogen-bond donors (Lipinski definition) is 1. The first kappa shape index (κ1) is 16.2. The van der Waals surface area contributed by atoms with Crippen LogP contribution in [0.4, 0.5) is 0 Å². The molecular weight excluding hydrogens is 376 g/mol. The van der Waals surface area contributed by atoms with Gasteiger partial charge in [0.1, 0.15) is 24.6 Å². The fourth-order valence-electron chi connectivity index (χ4n) is 3.77. The Labute approximate surface area is 149 Å². The molecule has 130 valence electrons. The van der Waals surface area contributed by atoms with E-state index in [2.05, 4.69) is 20.9 Å². The molecule has 1 aromatic carbocycles. The summed E-state index contributed by atoms with van der Waals surface area (Å²) in [6, 6.07) is 6.16. The van der Waals surface area contributed by atoms with Crippen molar-refractivity contribution in [3.8, 4) is 5.75 Å². The summed E-state index contributed by atoms with van der Waals surface area (Å²) >= 11 is 3.53. The standard InChI is InChI=1S/C17H21BrN2O4/c1-2-21-8-11-4-6-14-15(23-11)17(9-22-16(19)20-17)12-7-10(18)3-5-13(12)24-14/h3,5,7,11,14-15H,2,4,6,8-9H2,1H3,(H2,19,20)/t11?,14-,15-,17?/m0/s1. The van der Waals surface area contributed by atoms with Gasteiger partial charge in [0.05, 0.1) is 12.7 Å². The van der Waals surface area contributed by atoms with Crippen molar-refractivity contribution in [1.29, 1.82) is 0 Å². The van der Waals surface area contributed by atoms with E-state index in [4.69, 9.17) is 24.7 Å². The Kier molecular flexibility index (Phi) is 4.18. The minimum atomic E-state index is -0.656.